The van der Waals surface area contributed by atoms with E-state index in [0.29, 0.717) is 26.6 Å². The van der Waals surface area contributed by atoms with Crippen LogP contribution in [0.5, 0.6) is 17.2 Å². The fourth-order valence-corrected chi connectivity index (χ4v) is 2.77. The maximum absolute atomic E-state index is 11.8. The molecule has 0 aromatic heterocycles. The third-order valence-electron chi connectivity index (χ3n) is 3.19. The minimum atomic E-state index is -1.11. The second-order valence-electron chi connectivity index (χ2n) is 5.23. The van der Waals surface area contributed by atoms with Crippen molar-refractivity contribution in [2.75, 3.05) is 20.3 Å². The SMILES string of the molecule is COc1cc(/C=N\NC(=O)COc2ccccc2Cl)cc(Br)c1OCC(=O)O. The van der Waals surface area contributed by atoms with E-state index in [1.54, 1.807) is 36.4 Å². The van der Waals surface area contributed by atoms with Crippen LogP contribution in [0.1, 0.15) is 5.56 Å². The summed E-state index contributed by atoms with van der Waals surface area (Å²) >= 11 is 9.23. The standard InChI is InChI=1S/C18H16BrClN2O6/c1-26-15-7-11(6-12(19)18(15)28-10-17(24)25)8-21-22-16(23)9-27-14-5-3-2-4-13(14)20/h2-8H,9-10H2,1H3,(H,22,23)(H,24,25)/b21-8-. The third-order valence-corrected chi connectivity index (χ3v) is 4.09. The number of carbonyl (C=O) groups excluding carboxylic acids is 1. The summed E-state index contributed by atoms with van der Waals surface area (Å²) in [6, 6.07) is 10.0. The zero-order valence-electron chi connectivity index (χ0n) is 14.6. The molecule has 8 nitrogen and oxygen atoms in total. The average molecular weight is 472 g/mol. The van der Waals surface area contributed by atoms with Gasteiger partial charge in [0.05, 0.1) is 22.8 Å². The Bertz CT molecular complexity index is 890. The van der Waals surface area contributed by atoms with Crippen LogP contribution in [-0.2, 0) is 9.59 Å². The maximum atomic E-state index is 11.8. The van der Waals surface area contributed by atoms with Crippen LogP contribution in [0.15, 0.2) is 46.0 Å². The van der Waals surface area contributed by atoms with Gasteiger partial charge >= 0.3 is 5.97 Å². The molecule has 2 N–H and O–H groups in total. The molecule has 0 fully saturated rings. The minimum Gasteiger partial charge on any atom is -0.493 e. The number of carbonyl (C=O) groups is 2. The lowest BCUT2D eigenvalue weighted by Crippen LogP contribution is -2.24. The molecule has 1 amide bonds. The first-order chi connectivity index (χ1) is 13.4. The number of rotatable bonds is 9. The number of benzene rings is 2. The normalized spacial score (nSPS) is 10.5. The first-order valence-corrected chi connectivity index (χ1v) is 8.99. The first kappa shape index (κ1) is 21.5. The Balaban J connectivity index is 1.95. The largest absolute Gasteiger partial charge is 0.493 e. The predicted octanol–water partition coefficient (Wildman–Crippen LogP) is 3.10. The van der Waals surface area contributed by atoms with Crippen LogP contribution in [0.4, 0.5) is 0 Å². The molecule has 0 bridgehead atoms. The molecule has 0 spiro atoms. The van der Waals surface area contributed by atoms with Crippen LogP contribution < -0.4 is 19.6 Å². The van der Waals surface area contributed by atoms with E-state index < -0.39 is 18.5 Å². The number of carboxylic acid groups (broad SMARTS) is 1. The molecule has 0 heterocycles. The van der Waals surface area contributed by atoms with Gasteiger partial charge in [-0.25, -0.2) is 10.2 Å². The van der Waals surface area contributed by atoms with Crippen LogP contribution in [-0.4, -0.2) is 43.5 Å². The molecule has 0 radical (unpaired) electrons. The molecule has 2 aromatic rings. The van der Waals surface area contributed by atoms with E-state index in [4.69, 9.17) is 30.9 Å². The van der Waals surface area contributed by atoms with Gasteiger partial charge in [-0.15, -0.1) is 0 Å². The first-order valence-electron chi connectivity index (χ1n) is 7.82. The van der Waals surface area contributed by atoms with Crippen molar-refractivity contribution in [1.29, 1.82) is 0 Å². The lowest BCUT2D eigenvalue weighted by molar-refractivity contribution is -0.139. The summed E-state index contributed by atoms with van der Waals surface area (Å²) in [7, 11) is 1.42. The highest BCUT2D eigenvalue weighted by molar-refractivity contribution is 9.10. The topological polar surface area (TPSA) is 106 Å². The molecular formula is C18H16BrClN2O6. The Kier molecular flexibility index (Phi) is 8.09. The van der Waals surface area contributed by atoms with E-state index in [0.717, 1.165) is 0 Å². The van der Waals surface area contributed by atoms with E-state index in [-0.39, 0.29) is 12.4 Å². The van der Waals surface area contributed by atoms with Crippen molar-refractivity contribution in [3.05, 3.63) is 51.5 Å². The van der Waals surface area contributed by atoms with Gasteiger partial charge in [-0.3, -0.25) is 4.79 Å². The number of hydrogen-bond acceptors (Lipinski definition) is 6. The molecule has 0 saturated heterocycles. The highest BCUT2D eigenvalue weighted by Gasteiger charge is 2.13. The van der Waals surface area contributed by atoms with Crippen molar-refractivity contribution < 1.29 is 28.9 Å². The van der Waals surface area contributed by atoms with Gasteiger partial charge in [0, 0.05) is 0 Å². The second kappa shape index (κ2) is 10.5. The van der Waals surface area contributed by atoms with Gasteiger partial charge < -0.3 is 19.3 Å². The minimum absolute atomic E-state index is 0.249. The summed E-state index contributed by atoms with van der Waals surface area (Å²) in [4.78, 5) is 22.5. The van der Waals surface area contributed by atoms with E-state index in [9.17, 15) is 9.59 Å². The number of hydrazone groups is 1. The number of amides is 1. The fourth-order valence-electron chi connectivity index (χ4n) is 2.00. The van der Waals surface area contributed by atoms with Crippen LogP contribution in [0, 0.1) is 0 Å². The van der Waals surface area contributed by atoms with Gasteiger partial charge in [0.15, 0.2) is 24.7 Å². The monoisotopic (exact) mass is 470 g/mol. The second-order valence-corrected chi connectivity index (χ2v) is 6.49. The number of nitrogens with zero attached hydrogens (tertiary/aromatic N) is 1. The number of carboxylic acids is 1. The molecular weight excluding hydrogens is 456 g/mol. The lowest BCUT2D eigenvalue weighted by Gasteiger charge is -2.12. The third kappa shape index (κ3) is 6.43. The molecule has 0 saturated carbocycles. The molecule has 0 unspecified atom stereocenters. The molecule has 148 valence electrons. The Hall–Kier alpha value is -2.78. The molecule has 28 heavy (non-hydrogen) atoms. The van der Waals surface area contributed by atoms with Gasteiger partial charge in [0.25, 0.3) is 5.91 Å². The summed E-state index contributed by atoms with van der Waals surface area (Å²) in [6.07, 6.45) is 1.39. The van der Waals surface area contributed by atoms with E-state index in [1.165, 1.54) is 13.3 Å². The van der Waals surface area contributed by atoms with Crippen LogP contribution >= 0.6 is 27.5 Å². The molecule has 10 heteroatoms. The molecule has 2 aromatic carbocycles. The molecule has 2 rings (SSSR count). The van der Waals surface area contributed by atoms with Crippen molar-refractivity contribution >= 4 is 45.6 Å². The summed E-state index contributed by atoms with van der Waals surface area (Å²) < 4.78 is 16.2. The summed E-state index contributed by atoms with van der Waals surface area (Å²) in [5, 5.41) is 13.0. The maximum Gasteiger partial charge on any atom is 0.341 e. The van der Waals surface area contributed by atoms with E-state index >= 15 is 0 Å². The van der Waals surface area contributed by atoms with Gasteiger partial charge in [0.1, 0.15) is 5.75 Å². The van der Waals surface area contributed by atoms with Gasteiger partial charge in [-0.1, -0.05) is 23.7 Å². The van der Waals surface area contributed by atoms with E-state index in [1.807, 2.05) is 0 Å². The highest BCUT2D eigenvalue weighted by Crippen LogP contribution is 2.36. The van der Waals surface area contributed by atoms with Crippen molar-refractivity contribution in [3.8, 4) is 17.2 Å². The number of methoxy groups -OCH3 is 1. The summed E-state index contributed by atoms with van der Waals surface area (Å²) in [5.74, 6) is -0.622. The molecule has 0 atom stereocenters. The number of aliphatic carboxylic acids is 1. The Labute approximate surface area is 174 Å². The smallest absolute Gasteiger partial charge is 0.341 e. The molecule has 0 aliphatic rings. The highest BCUT2D eigenvalue weighted by atomic mass is 79.9. The number of nitrogens with one attached hydrogen (secondary N) is 1. The lowest BCUT2D eigenvalue weighted by atomic mass is 10.2. The zero-order chi connectivity index (χ0) is 20.5. The number of ether oxygens (including phenoxy) is 3. The number of hydrogen-bond donors (Lipinski definition) is 2. The van der Waals surface area contributed by atoms with Crippen LogP contribution in [0.3, 0.4) is 0 Å². The quantitative estimate of drug-likeness (QED) is 0.430. The summed E-state index contributed by atoms with van der Waals surface area (Å²) in [5.41, 5.74) is 2.91. The summed E-state index contributed by atoms with van der Waals surface area (Å²) in [6.45, 7) is -0.764. The predicted molar refractivity (Wildman–Crippen MR) is 107 cm³/mol. The zero-order valence-corrected chi connectivity index (χ0v) is 17.0. The van der Waals surface area contributed by atoms with Crippen LogP contribution in [0.2, 0.25) is 5.02 Å². The van der Waals surface area contributed by atoms with E-state index in [2.05, 4.69) is 26.5 Å². The van der Waals surface area contributed by atoms with Gasteiger partial charge in [-0.05, 0) is 45.8 Å². The Morgan fingerprint density at radius 1 is 1.21 bits per heavy atom. The molecule has 0 aliphatic carbocycles. The van der Waals surface area contributed by atoms with Crippen molar-refractivity contribution in [2.24, 2.45) is 5.10 Å². The van der Waals surface area contributed by atoms with Crippen molar-refractivity contribution in [3.63, 3.8) is 0 Å². The van der Waals surface area contributed by atoms with Gasteiger partial charge in [0.2, 0.25) is 0 Å². The Morgan fingerprint density at radius 2 is 1.96 bits per heavy atom. The average Bonchev–Trinajstić information content (AvgIpc) is 2.66. The number of halogens is 2. The van der Waals surface area contributed by atoms with Crippen molar-refractivity contribution in [2.45, 2.75) is 0 Å². The fraction of sp³-hybridized carbons (Fsp3) is 0.167. The van der Waals surface area contributed by atoms with Crippen LogP contribution in [0.25, 0.3) is 0 Å². The molecule has 0 aliphatic heterocycles. The Morgan fingerprint density at radius 3 is 2.64 bits per heavy atom. The van der Waals surface area contributed by atoms with Gasteiger partial charge in [-0.2, -0.15) is 5.10 Å². The number of para-hydroxylation sites is 1. The van der Waals surface area contributed by atoms with Crippen molar-refractivity contribution in [1.82, 2.24) is 5.43 Å².